The summed E-state index contributed by atoms with van der Waals surface area (Å²) in [4.78, 5) is 14.9. The van der Waals surface area contributed by atoms with Crippen LogP contribution in [-0.4, -0.2) is 45.2 Å². The number of rotatable bonds is 3. The molecule has 1 fully saturated rings. The van der Waals surface area contributed by atoms with Crippen molar-refractivity contribution in [2.75, 3.05) is 19.6 Å². The van der Waals surface area contributed by atoms with Crippen molar-refractivity contribution in [1.29, 1.82) is 0 Å². The summed E-state index contributed by atoms with van der Waals surface area (Å²) in [6.07, 6.45) is 2.40. The molecule has 144 valence electrons. The number of fused-ring (bicyclic) bond motifs is 2. The van der Waals surface area contributed by atoms with Gasteiger partial charge in [0.2, 0.25) is 5.91 Å². The second kappa shape index (κ2) is 7.36. The van der Waals surface area contributed by atoms with E-state index in [1.807, 2.05) is 23.1 Å². The highest BCUT2D eigenvalue weighted by Crippen LogP contribution is 2.28. The number of nitrogens with zero attached hydrogens (tertiary/aromatic N) is 4. The van der Waals surface area contributed by atoms with Crippen molar-refractivity contribution in [1.82, 2.24) is 25.0 Å². The van der Waals surface area contributed by atoms with Gasteiger partial charge in [-0.1, -0.05) is 42.5 Å². The Labute approximate surface area is 164 Å². The monoisotopic (exact) mass is 375 g/mol. The number of carbonyl (C=O) groups is 1. The maximum atomic E-state index is 12.9. The molecule has 2 aliphatic rings. The fourth-order valence-corrected chi connectivity index (χ4v) is 4.53. The molecule has 0 radical (unpaired) electrons. The number of likely N-dealkylation sites (tertiary alicyclic amines) is 1. The minimum atomic E-state index is 0.224. The van der Waals surface area contributed by atoms with Crippen molar-refractivity contribution in [3.05, 3.63) is 59.7 Å². The fourth-order valence-electron chi connectivity index (χ4n) is 4.53. The largest absolute Gasteiger partial charge is 0.342 e. The van der Waals surface area contributed by atoms with E-state index < -0.39 is 0 Å². The molecule has 0 atom stereocenters. The lowest BCUT2D eigenvalue weighted by Gasteiger charge is -2.32. The van der Waals surface area contributed by atoms with Crippen LogP contribution < -0.4 is 5.32 Å². The van der Waals surface area contributed by atoms with E-state index in [1.54, 1.807) is 0 Å². The molecule has 3 heterocycles. The van der Waals surface area contributed by atoms with Crippen molar-refractivity contribution in [2.45, 2.75) is 38.3 Å². The van der Waals surface area contributed by atoms with E-state index in [0.29, 0.717) is 12.3 Å². The Morgan fingerprint density at radius 3 is 2.75 bits per heavy atom. The molecule has 6 heteroatoms. The molecule has 0 aliphatic carbocycles. The van der Waals surface area contributed by atoms with Gasteiger partial charge in [0.25, 0.3) is 0 Å². The molecule has 0 bridgehead atoms. The summed E-state index contributed by atoms with van der Waals surface area (Å²) in [5.41, 5.74) is 1.12. The lowest BCUT2D eigenvalue weighted by atomic mass is 9.95. The van der Waals surface area contributed by atoms with Gasteiger partial charge in [-0.25, -0.2) is 0 Å². The summed E-state index contributed by atoms with van der Waals surface area (Å²) in [5.74, 6) is 2.77. The van der Waals surface area contributed by atoms with Gasteiger partial charge in [0.15, 0.2) is 0 Å². The normalized spacial score (nSPS) is 17.6. The van der Waals surface area contributed by atoms with E-state index in [9.17, 15) is 4.79 Å². The molecule has 1 amide bonds. The molecular formula is C22H25N5O. The summed E-state index contributed by atoms with van der Waals surface area (Å²) in [6.45, 7) is 4.32. The first-order chi connectivity index (χ1) is 13.8. The summed E-state index contributed by atoms with van der Waals surface area (Å²) in [6, 6.07) is 14.5. The van der Waals surface area contributed by atoms with Crippen LogP contribution in [0.3, 0.4) is 0 Å². The summed E-state index contributed by atoms with van der Waals surface area (Å²) < 4.78 is 2.27. The van der Waals surface area contributed by atoms with Gasteiger partial charge < -0.3 is 14.8 Å². The Hall–Kier alpha value is -2.73. The third kappa shape index (κ3) is 3.18. The zero-order valence-electron chi connectivity index (χ0n) is 16.0. The van der Waals surface area contributed by atoms with Gasteiger partial charge in [-0.2, -0.15) is 0 Å². The van der Waals surface area contributed by atoms with Crippen molar-refractivity contribution in [3.8, 4) is 0 Å². The molecule has 3 aromatic rings. The molecule has 1 saturated heterocycles. The smallest absolute Gasteiger partial charge is 0.227 e. The van der Waals surface area contributed by atoms with E-state index >= 15 is 0 Å². The maximum absolute atomic E-state index is 12.9. The number of carbonyl (C=O) groups excluding carboxylic acids is 1. The Kier molecular flexibility index (Phi) is 4.56. The SMILES string of the molecule is O=C(Cc1cccc2ccccc12)N1CCC(c2nnc3n2CCNC3)CC1. The van der Waals surface area contributed by atoms with Gasteiger partial charge in [-0.3, -0.25) is 4.79 Å². The third-order valence-electron chi connectivity index (χ3n) is 6.09. The highest BCUT2D eigenvalue weighted by atomic mass is 16.2. The number of benzene rings is 2. The van der Waals surface area contributed by atoms with Gasteiger partial charge in [0.1, 0.15) is 11.6 Å². The number of hydrogen-bond donors (Lipinski definition) is 1. The van der Waals surface area contributed by atoms with Gasteiger partial charge in [-0.15, -0.1) is 10.2 Å². The van der Waals surface area contributed by atoms with Gasteiger partial charge in [0.05, 0.1) is 13.0 Å². The summed E-state index contributed by atoms with van der Waals surface area (Å²) in [7, 11) is 0. The first-order valence-electron chi connectivity index (χ1n) is 10.2. The number of aromatic nitrogens is 3. The molecule has 28 heavy (non-hydrogen) atoms. The lowest BCUT2D eigenvalue weighted by molar-refractivity contribution is -0.131. The first-order valence-corrected chi connectivity index (χ1v) is 10.2. The quantitative estimate of drug-likeness (QED) is 0.764. The molecule has 0 saturated carbocycles. The molecule has 1 aromatic heterocycles. The fraction of sp³-hybridized carbons (Fsp3) is 0.409. The van der Waals surface area contributed by atoms with E-state index in [2.05, 4.69) is 44.3 Å². The minimum absolute atomic E-state index is 0.224. The van der Waals surface area contributed by atoms with E-state index in [4.69, 9.17) is 0 Å². The van der Waals surface area contributed by atoms with Crippen LogP contribution in [0.15, 0.2) is 42.5 Å². The van der Waals surface area contributed by atoms with Crippen LogP contribution >= 0.6 is 0 Å². The number of piperidine rings is 1. The molecule has 2 aliphatic heterocycles. The van der Waals surface area contributed by atoms with Crippen LogP contribution in [0, 0.1) is 0 Å². The molecule has 0 unspecified atom stereocenters. The molecular weight excluding hydrogens is 350 g/mol. The second-order valence-corrected chi connectivity index (χ2v) is 7.77. The molecule has 2 aromatic carbocycles. The highest BCUT2D eigenvalue weighted by molar-refractivity contribution is 5.90. The Bertz CT molecular complexity index is 998. The molecule has 1 N–H and O–H groups in total. The topological polar surface area (TPSA) is 63.1 Å². The zero-order chi connectivity index (χ0) is 18.9. The standard InChI is InChI=1S/C22H25N5O/c28-21(14-18-6-3-5-16-4-1-2-7-19(16)18)26-11-8-17(9-12-26)22-25-24-20-15-23-10-13-27(20)22/h1-7,17,23H,8-15H2. The van der Waals surface area contributed by atoms with E-state index in [0.717, 1.165) is 62.8 Å². The molecule has 6 nitrogen and oxygen atoms in total. The lowest BCUT2D eigenvalue weighted by Crippen LogP contribution is -2.39. The van der Waals surface area contributed by atoms with Crippen LogP contribution in [0.4, 0.5) is 0 Å². The Balaban J connectivity index is 1.25. The Morgan fingerprint density at radius 1 is 1.04 bits per heavy atom. The van der Waals surface area contributed by atoms with E-state index in [-0.39, 0.29) is 5.91 Å². The number of amides is 1. The van der Waals surface area contributed by atoms with Crippen molar-refractivity contribution in [3.63, 3.8) is 0 Å². The average Bonchev–Trinajstić information content (AvgIpc) is 3.18. The van der Waals surface area contributed by atoms with Crippen LogP contribution in [0.2, 0.25) is 0 Å². The first kappa shape index (κ1) is 17.4. The second-order valence-electron chi connectivity index (χ2n) is 7.77. The Morgan fingerprint density at radius 2 is 1.86 bits per heavy atom. The number of hydrogen-bond acceptors (Lipinski definition) is 4. The predicted molar refractivity (Wildman–Crippen MR) is 108 cm³/mol. The van der Waals surface area contributed by atoms with Crippen molar-refractivity contribution < 1.29 is 4.79 Å². The maximum Gasteiger partial charge on any atom is 0.227 e. The molecule has 0 spiro atoms. The highest BCUT2D eigenvalue weighted by Gasteiger charge is 2.28. The summed E-state index contributed by atoms with van der Waals surface area (Å²) in [5, 5.41) is 14.5. The van der Waals surface area contributed by atoms with Crippen LogP contribution in [-0.2, 0) is 24.3 Å². The van der Waals surface area contributed by atoms with Gasteiger partial charge >= 0.3 is 0 Å². The van der Waals surface area contributed by atoms with Gasteiger partial charge in [0, 0.05) is 32.1 Å². The van der Waals surface area contributed by atoms with Crippen LogP contribution in [0.25, 0.3) is 10.8 Å². The van der Waals surface area contributed by atoms with Gasteiger partial charge in [-0.05, 0) is 29.2 Å². The van der Waals surface area contributed by atoms with E-state index in [1.165, 1.54) is 10.8 Å². The van der Waals surface area contributed by atoms with Crippen LogP contribution in [0.1, 0.15) is 36.0 Å². The zero-order valence-corrected chi connectivity index (χ0v) is 16.0. The van der Waals surface area contributed by atoms with Crippen LogP contribution in [0.5, 0.6) is 0 Å². The average molecular weight is 375 g/mol. The predicted octanol–water partition coefficient (Wildman–Crippen LogP) is 2.48. The van der Waals surface area contributed by atoms with Crippen molar-refractivity contribution >= 4 is 16.7 Å². The summed E-state index contributed by atoms with van der Waals surface area (Å²) >= 11 is 0. The van der Waals surface area contributed by atoms with Crippen molar-refractivity contribution in [2.24, 2.45) is 0 Å². The third-order valence-corrected chi connectivity index (χ3v) is 6.09. The number of nitrogens with one attached hydrogen (secondary N) is 1. The minimum Gasteiger partial charge on any atom is -0.342 e. The molecule has 5 rings (SSSR count).